The minimum absolute atomic E-state index is 0.0768. The number of halogens is 1. The van der Waals surface area contributed by atoms with Crippen LogP contribution in [0.5, 0.6) is 5.75 Å². The summed E-state index contributed by atoms with van der Waals surface area (Å²) in [5, 5.41) is 19.6. The van der Waals surface area contributed by atoms with E-state index in [9.17, 15) is 5.11 Å². The summed E-state index contributed by atoms with van der Waals surface area (Å²) in [5.41, 5.74) is 9.46. The average molecular weight is 426 g/mol. The second-order valence-electron chi connectivity index (χ2n) is 7.78. The van der Waals surface area contributed by atoms with E-state index in [2.05, 4.69) is 0 Å². The molecule has 0 aromatic heterocycles. The molecule has 0 radical (unpaired) electrons. The second kappa shape index (κ2) is 10.1. The van der Waals surface area contributed by atoms with Crippen molar-refractivity contribution < 1.29 is 14.9 Å². The highest BCUT2D eigenvalue weighted by Gasteiger charge is 2.27. The van der Waals surface area contributed by atoms with E-state index in [0.29, 0.717) is 18.1 Å². The first-order chi connectivity index (χ1) is 14.4. The first-order valence-electron chi connectivity index (χ1n) is 10.0. The van der Waals surface area contributed by atoms with Crippen LogP contribution in [-0.2, 0) is 12.1 Å². The summed E-state index contributed by atoms with van der Waals surface area (Å²) >= 11 is 6.56. The average Bonchev–Trinajstić information content (AvgIpc) is 2.73. The van der Waals surface area contributed by atoms with Crippen molar-refractivity contribution in [3.05, 3.63) is 88.9 Å². The van der Waals surface area contributed by atoms with Gasteiger partial charge in [0.05, 0.1) is 6.10 Å². The lowest BCUT2D eigenvalue weighted by Gasteiger charge is -2.29. The van der Waals surface area contributed by atoms with Crippen LogP contribution in [-0.4, -0.2) is 22.9 Å². The Morgan fingerprint density at radius 1 is 1.00 bits per heavy atom. The summed E-state index contributed by atoms with van der Waals surface area (Å²) < 4.78 is 5.93. The molecule has 0 aliphatic rings. The fraction of sp³-hybridized carbons (Fsp3) is 0.280. The maximum Gasteiger partial charge on any atom is 0.120 e. The summed E-state index contributed by atoms with van der Waals surface area (Å²) in [6.45, 7) is 2.27. The van der Waals surface area contributed by atoms with Crippen molar-refractivity contribution in [2.45, 2.75) is 38.0 Å². The van der Waals surface area contributed by atoms with Gasteiger partial charge in [0.1, 0.15) is 12.4 Å². The molecule has 30 heavy (non-hydrogen) atoms. The number of hydrogen-bond acceptors (Lipinski definition) is 4. The SMILES string of the molecule is CC(N)(CC(O)CCO)c1ccc(-c2cccc(OCc3ccccc3)c2)cc1Cl. The number of aliphatic hydroxyl groups is 2. The van der Waals surface area contributed by atoms with Gasteiger partial charge in [0.15, 0.2) is 0 Å². The van der Waals surface area contributed by atoms with Gasteiger partial charge in [-0.1, -0.05) is 66.2 Å². The van der Waals surface area contributed by atoms with E-state index in [4.69, 9.17) is 27.2 Å². The van der Waals surface area contributed by atoms with Crippen molar-refractivity contribution in [1.82, 2.24) is 0 Å². The fourth-order valence-electron chi connectivity index (χ4n) is 3.51. The van der Waals surface area contributed by atoms with E-state index in [-0.39, 0.29) is 13.0 Å². The highest BCUT2D eigenvalue weighted by Crippen LogP contribution is 2.34. The van der Waals surface area contributed by atoms with Crippen molar-refractivity contribution in [3.8, 4) is 16.9 Å². The molecule has 3 aromatic rings. The van der Waals surface area contributed by atoms with E-state index in [1.807, 2.05) is 79.7 Å². The minimum Gasteiger partial charge on any atom is -0.489 e. The number of rotatable bonds is 9. The third-order valence-electron chi connectivity index (χ3n) is 5.12. The molecular weight excluding hydrogens is 398 g/mol. The Morgan fingerprint density at radius 3 is 2.43 bits per heavy atom. The van der Waals surface area contributed by atoms with Crippen LogP contribution >= 0.6 is 11.6 Å². The zero-order chi connectivity index (χ0) is 21.6. The zero-order valence-corrected chi connectivity index (χ0v) is 17.8. The van der Waals surface area contributed by atoms with Crippen molar-refractivity contribution in [2.75, 3.05) is 6.61 Å². The van der Waals surface area contributed by atoms with Gasteiger partial charge in [-0.25, -0.2) is 0 Å². The molecule has 4 N–H and O–H groups in total. The Kier molecular flexibility index (Phi) is 7.51. The summed E-state index contributed by atoms with van der Waals surface area (Å²) in [7, 11) is 0. The number of aliphatic hydroxyl groups excluding tert-OH is 2. The zero-order valence-electron chi connectivity index (χ0n) is 17.1. The standard InChI is InChI=1S/C25H28ClNO3/c1-25(27,16-21(29)12-13-28)23-11-10-20(15-24(23)26)19-8-5-9-22(14-19)30-17-18-6-3-2-4-7-18/h2-11,14-15,21,28-29H,12-13,16-17,27H2,1H3. The highest BCUT2D eigenvalue weighted by atomic mass is 35.5. The molecule has 0 fully saturated rings. The molecule has 0 bridgehead atoms. The van der Waals surface area contributed by atoms with Gasteiger partial charge in [0.2, 0.25) is 0 Å². The Labute approximate surface area is 182 Å². The van der Waals surface area contributed by atoms with Gasteiger partial charge >= 0.3 is 0 Å². The highest BCUT2D eigenvalue weighted by molar-refractivity contribution is 6.31. The molecule has 0 saturated heterocycles. The fourth-order valence-corrected chi connectivity index (χ4v) is 3.91. The topological polar surface area (TPSA) is 75.7 Å². The van der Waals surface area contributed by atoms with Crippen LogP contribution in [0.1, 0.15) is 30.9 Å². The molecule has 3 rings (SSSR count). The smallest absolute Gasteiger partial charge is 0.120 e. The third kappa shape index (κ3) is 5.83. The molecule has 0 saturated carbocycles. The number of benzene rings is 3. The summed E-state index contributed by atoms with van der Waals surface area (Å²) in [6, 6.07) is 23.7. The third-order valence-corrected chi connectivity index (χ3v) is 5.43. The molecule has 3 aromatic carbocycles. The Hall–Kier alpha value is -2.37. The quantitative estimate of drug-likeness (QED) is 0.456. The summed E-state index contributed by atoms with van der Waals surface area (Å²) in [6.07, 6.45) is -0.0764. The first kappa shape index (κ1) is 22.3. The van der Waals surface area contributed by atoms with Crippen molar-refractivity contribution in [3.63, 3.8) is 0 Å². The van der Waals surface area contributed by atoms with E-state index >= 15 is 0 Å². The van der Waals surface area contributed by atoms with E-state index in [0.717, 1.165) is 28.0 Å². The van der Waals surface area contributed by atoms with Crippen LogP contribution in [0.15, 0.2) is 72.8 Å². The van der Waals surface area contributed by atoms with E-state index < -0.39 is 11.6 Å². The van der Waals surface area contributed by atoms with Crippen LogP contribution in [0.2, 0.25) is 5.02 Å². The first-order valence-corrected chi connectivity index (χ1v) is 10.4. The van der Waals surface area contributed by atoms with Gasteiger partial charge in [-0.3, -0.25) is 0 Å². The second-order valence-corrected chi connectivity index (χ2v) is 8.19. The van der Waals surface area contributed by atoms with Gasteiger partial charge in [-0.05, 0) is 60.2 Å². The Morgan fingerprint density at radius 2 is 1.73 bits per heavy atom. The van der Waals surface area contributed by atoms with Crippen LogP contribution in [0.4, 0.5) is 0 Å². The van der Waals surface area contributed by atoms with Gasteiger partial charge in [-0.2, -0.15) is 0 Å². The molecule has 0 aliphatic heterocycles. The van der Waals surface area contributed by atoms with Crippen LogP contribution < -0.4 is 10.5 Å². The minimum atomic E-state index is -0.801. The predicted octanol–water partition coefficient (Wildman–Crippen LogP) is 4.89. The van der Waals surface area contributed by atoms with Crippen LogP contribution in [0.3, 0.4) is 0 Å². The largest absolute Gasteiger partial charge is 0.489 e. The number of nitrogens with two attached hydrogens (primary N) is 1. The van der Waals surface area contributed by atoms with E-state index in [1.165, 1.54) is 0 Å². The normalized spacial score (nSPS) is 14.2. The molecule has 2 atom stereocenters. The van der Waals surface area contributed by atoms with Crippen molar-refractivity contribution in [1.29, 1.82) is 0 Å². The van der Waals surface area contributed by atoms with Crippen LogP contribution in [0, 0.1) is 0 Å². The molecule has 0 heterocycles. The molecule has 0 spiro atoms. The van der Waals surface area contributed by atoms with Gasteiger partial charge < -0.3 is 20.7 Å². The lowest BCUT2D eigenvalue weighted by Crippen LogP contribution is -2.37. The lowest BCUT2D eigenvalue weighted by molar-refractivity contribution is 0.103. The van der Waals surface area contributed by atoms with Crippen LogP contribution in [0.25, 0.3) is 11.1 Å². The van der Waals surface area contributed by atoms with Crippen molar-refractivity contribution in [2.24, 2.45) is 5.73 Å². The molecule has 158 valence electrons. The number of ether oxygens (including phenoxy) is 1. The van der Waals surface area contributed by atoms with E-state index in [1.54, 1.807) is 0 Å². The predicted molar refractivity (Wildman–Crippen MR) is 122 cm³/mol. The van der Waals surface area contributed by atoms with Gasteiger partial charge in [0.25, 0.3) is 0 Å². The summed E-state index contributed by atoms with van der Waals surface area (Å²) in [5.74, 6) is 0.785. The molecular formula is C25H28ClNO3. The Balaban J connectivity index is 1.76. The monoisotopic (exact) mass is 425 g/mol. The summed E-state index contributed by atoms with van der Waals surface area (Å²) in [4.78, 5) is 0. The molecule has 0 amide bonds. The molecule has 2 unspecified atom stereocenters. The Bertz CT molecular complexity index is 960. The van der Waals surface area contributed by atoms with Crippen molar-refractivity contribution >= 4 is 11.6 Å². The van der Waals surface area contributed by atoms with Gasteiger partial charge in [0, 0.05) is 17.2 Å². The maximum atomic E-state index is 10.0. The lowest BCUT2D eigenvalue weighted by atomic mass is 9.86. The molecule has 5 heteroatoms. The number of hydrogen-bond donors (Lipinski definition) is 3. The maximum absolute atomic E-state index is 10.0. The molecule has 0 aliphatic carbocycles. The van der Waals surface area contributed by atoms with Gasteiger partial charge in [-0.15, -0.1) is 0 Å². The molecule has 4 nitrogen and oxygen atoms in total.